The van der Waals surface area contributed by atoms with Crippen molar-refractivity contribution in [1.82, 2.24) is 9.80 Å². The highest BCUT2D eigenvalue weighted by Gasteiger charge is 2.47. The van der Waals surface area contributed by atoms with E-state index < -0.39 is 17.7 Å². The van der Waals surface area contributed by atoms with Gasteiger partial charge in [-0.15, -0.1) is 0 Å². The Morgan fingerprint density at radius 1 is 1.17 bits per heavy atom. The molecule has 0 bridgehead atoms. The van der Waals surface area contributed by atoms with Gasteiger partial charge in [0.05, 0.1) is 11.8 Å². The molecular formula is C22H24N2O6. The van der Waals surface area contributed by atoms with Crippen LogP contribution >= 0.6 is 0 Å². The molecule has 1 unspecified atom stereocenters. The maximum absolute atomic E-state index is 12.9. The van der Waals surface area contributed by atoms with Gasteiger partial charge in [0.1, 0.15) is 30.8 Å². The van der Waals surface area contributed by atoms with Gasteiger partial charge in [0.2, 0.25) is 0 Å². The van der Waals surface area contributed by atoms with E-state index in [2.05, 4.69) is 0 Å². The molecule has 0 saturated carbocycles. The molecule has 8 heteroatoms. The molecule has 0 aliphatic carbocycles. The summed E-state index contributed by atoms with van der Waals surface area (Å²) in [5.41, 5.74) is 0.388. The maximum Gasteiger partial charge on any atom is 0.295 e. The van der Waals surface area contributed by atoms with Gasteiger partial charge in [-0.3, -0.25) is 9.59 Å². The lowest BCUT2D eigenvalue weighted by atomic mass is 9.99. The molecule has 2 aliphatic rings. The Balaban J connectivity index is 1.74. The van der Waals surface area contributed by atoms with E-state index in [1.807, 2.05) is 19.0 Å². The van der Waals surface area contributed by atoms with Gasteiger partial charge in [-0.1, -0.05) is 0 Å². The van der Waals surface area contributed by atoms with Crippen LogP contribution in [0, 0.1) is 0 Å². The second-order valence-corrected chi connectivity index (χ2v) is 7.52. The highest BCUT2D eigenvalue weighted by Crippen LogP contribution is 2.41. The first-order valence-corrected chi connectivity index (χ1v) is 9.84. The molecule has 0 spiro atoms. The lowest BCUT2D eigenvalue weighted by molar-refractivity contribution is -0.140. The van der Waals surface area contributed by atoms with Crippen molar-refractivity contribution in [3.05, 3.63) is 53.5 Å². The van der Waals surface area contributed by atoms with E-state index in [0.29, 0.717) is 49.0 Å². The molecule has 1 aromatic carbocycles. The number of nitrogens with zero attached hydrogens (tertiary/aromatic N) is 2. The topological polar surface area (TPSA) is 92.5 Å². The first kappa shape index (κ1) is 20.0. The van der Waals surface area contributed by atoms with E-state index in [1.165, 1.54) is 11.2 Å². The second-order valence-electron chi connectivity index (χ2n) is 7.52. The van der Waals surface area contributed by atoms with Crippen LogP contribution in [0.1, 0.15) is 23.8 Å². The molecule has 2 aromatic rings. The molecule has 1 amide bonds. The number of aliphatic hydroxyl groups excluding tert-OH is 1. The number of rotatable bonds is 6. The van der Waals surface area contributed by atoms with E-state index in [-0.39, 0.29) is 11.3 Å². The van der Waals surface area contributed by atoms with Gasteiger partial charge in [0.15, 0.2) is 11.5 Å². The van der Waals surface area contributed by atoms with Gasteiger partial charge in [0, 0.05) is 12.1 Å². The van der Waals surface area contributed by atoms with Gasteiger partial charge >= 0.3 is 0 Å². The molecule has 30 heavy (non-hydrogen) atoms. The number of amides is 1. The van der Waals surface area contributed by atoms with Gasteiger partial charge in [0.25, 0.3) is 11.7 Å². The number of ketones is 1. The summed E-state index contributed by atoms with van der Waals surface area (Å²) in [5, 5.41) is 11.0. The third kappa shape index (κ3) is 3.66. The van der Waals surface area contributed by atoms with Crippen LogP contribution in [0.2, 0.25) is 0 Å². The monoisotopic (exact) mass is 412 g/mol. The summed E-state index contributed by atoms with van der Waals surface area (Å²) < 4.78 is 16.6. The minimum atomic E-state index is -0.782. The fourth-order valence-corrected chi connectivity index (χ4v) is 3.76. The number of Topliss-reactive ketones (excluding diaryl/α,β-unsaturated/α-hetero) is 1. The third-order valence-electron chi connectivity index (χ3n) is 5.17. The Labute approximate surface area is 174 Å². The van der Waals surface area contributed by atoms with Crippen molar-refractivity contribution in [3.63, 3.8) is 0 Å². The largest absolute Gasteiger partial charge is 0.507 e. The first-order valence-electron chi connectivity index (χ1n) is 9.84. The van der Waals surface area contributed by atoms with Crippen molar-refractivity contribution < 1.29 is 28.6 Å². The van der Waals surface area contributed by atoms with Crippen molar-refractivity contribution in [3.8, 4) is 11.5 Å². The lowest BCUT2D eigenvalue weighted by Crippen LogP contribution is -2.32. The van der Waals surface area contributed by atoms with E-state index in [4.69, 9.17) is 13.9 Å². The number of fused-ring (bicyclic) bond motifs is 1. The zero-order chi connectivity index (χ0) is 21.3. The first-order chi connectivity index (χ1) is 14.5. The third-order valence-corrected chi connectivity index (χ3v) is 5.17. The van der Waals surface area contributed by atoms with Crippen LogP contribution in [0.4, 0.5) is 0 Å². The summed E-state index contributed by atoms with van der Waals surface area (Å²) in [4.78, 5) is 29.2. The van der Waals surface area contributed by atoms with E-state index in [1.54, 1.807) is 30.3 Å². The smallest absolute Gasteiger partial charge is 0.295 e. The molecule has 2 aliphatic heterocycles. The summed E-state index contributed by atoms with van der Waals surface area (Å²) >= 11 is 0. The molecule has 8 nitrogen and oxygen atoms in total. The van der Waals surface area contributed by atoms with Crippen LogP contribution < -0.4 is 9.47 Å². The molecule has 1 N–H and O–H groups in total. The van der Waals surface area contributed by atoms with Gasteiger partial charge in [-0.2, -0.15) is 0 Å². The average Bonchev–Trinajstić information content (AvgIpc) is 3.35. The fourth-order valence-electron chi connectivity index (χ4n) is 3.76. The molecule has 1 atom stereocenters. The van der Waals surface area contributed by atoms with Crippen molar-refractivity contribution in [2.45, 2.75) is 12.5 Å². The maximum atomic E-state index is 12.9. The standard InChI is InChI=1S/C22H24N2O6/c1-23(2)8-4-9-24-19(16-5-3-10-28-16)18(21(26)22(24)27)20(25)14-6-7-15-17(13-14)30-12-11-29-15/h3,5-7,10,13,19,25H,4,8-9,11-12H2,1-2H3/b20-18+. The number of hydrogen-bond donors (Lipinski definition) is 1. The number of carbonyl (C=O) groups is 2. The summed E-state index contributed by atoms with van der Waals surface area (Å²) in [5.74, 6) is -0.146. The Hall–Kier alpha value is -3.26. The zero-order valence-electron chi connectivity index (χ0n) is 17.0. The summed E-state index contributed by atoms with van der Waals surface area (Å²) in [6.07, 6.45) is 2.17. The number of likely N-dealkylation sites (tertiary alicyclic amines) is 1. The molecule has 3 heterocycles. The molecule has 0 radical (unpaired) electrons. The normalized spacial score (nSPS) is 20.2. The summed E-state index contributed by atoms with van der Waals surface area (Å²) in [6.45, 7) is 1.98. The number of aliphatic hydroxyl groups is 1. The number of carbonyl (C=O) groups excluding carboxylic acids is 2. The lowest BCUT2D eigenvalue weighted by Gasteiger charge is -2.24. The molecule has 1 fully saturated rings. The summed E-state index contributed by atoms with van der Waals surface area (Å²) in [6, 6.07) is 7.55. The Morgan fingerprint density at radius 2 is 1.93 bits per heavy atom. The van der Waals surface area contributed by atoms with Gasteiger partial charge < -0.3 is 28.8 Å². The summed E-state index contributed by atoms with van der Waals surface area (Å²) in [7, 11) is 3.89. The van der Waals surface area contributed by atoms with E-state index >= 15 is 0 Å². The second kappa shape index (κ2) is 8.23. The number of ether oxygens (including phenoxy) is 2. The highest BCUT2D eigenvalue weighted by atomic mass is 16.6. The van der Waals surface area contributed by atoms with Crippen molar-refractivity contribution in [2.75, 3.05) is 40.4 Å². The van der Waals surface area contributed by atoms with Crippen LogP contribution in [0.15, 0.2) is 46.6 Å². The number of hydrogen-bond acceptors (Lipinski definition) is 7. The number of benzene rings is 1. The SMILES string of the molecule is CN(C)CCCN1C(=O)C(=O)/C(=C(/O)c2ccc3c(c2)OCCO3)C1c1ccco1. The van der Waals surface area contributed by atoms with Crippen LogP contribution in [-0.4, -0.2) is 67.0 Å². The number of furan rings is 1. The van der Waals surface area contributed by atoms with Crippen LogP contribution in [0.25, 0.3) is 5.76 Å². The Kier molecular flexibility index (Phi) is 5.50. The van der Waals surface area contributed by atoms with Gasteiger partial charge in [-0.05, 0) is 57.4 Å². The fraction of sp³-hybridized carbons (Fsp3) is 0.364. The molecule has 1 saturated heterocycles. The van der Waals surface area contributed by atoms with Crippen LogP contribution in [0.3, 0.4) is 0 Å². The molecule has 158 valence electrons. The average molecular weight is 412 g/mol. The van der Waals surface area contributed by atoms with E-state index in [0.717, 1.165) is 6.54 Å². The Morgan fingerprint density at radius 3 is 2.63 bits per heavy atom. The predicted octanol–water partition coefficient (Wildman–Crippen LogP) is 2.42. The minimum Gasteiger partial charge on any atom is -0.507 e. The molecule has 4 rings (SSSR count). The van der Waals surface area contributed by atoms with Crippen LogP contribution in [0.5, 0.6) is 11.5 Å². The predicted molar refractivity (Wildman–Crippen MR) is 108 cm³/mol. The van der Waals surface area contributed by atoms with Crippen molar-refractivity contribution >= 4 is 17.4 Å². The molecule has 1 aromatic heterocycles. The van der Waals surface area contributed by atoms with Crippen LogP contribution in [-0.2, 0) is 9.59 Å². The zero-order valence-corrected chi connectivity index (χ0v) is 17.0. The van der Waals surface area contributed by atoms with Gasteiger partial charge in [-0.25, -0.2) is 0 Å². The highest BCUT2D eigenvalue weighted by molar-refractivity contribution is 6.46. The van der Waals surface area contributed by atoms with Crippen molar-refractivity contribution in [1.29, 1.82) is 0 Å². The Bertz CT molecular complexity index is 980. The minimum absolute atomic E-state index is 0.0106. The van der Waals surface area contributed by atoms with Crippen molar-refractivity contribution in [2.24, 2.45) is 0 Å². The quantitative estimate of drug-likeness (QED) is 0.443. The van der Waals surface area contributed by atoms with E-state index in [9.17, 15) is 14.7 Å². The molecular weight excluding hydrogens is 388 g/mol.